The Morgan fingerprint density at radius 1 is 0.958 bits per heavy atom. The summed E-state index contributed by atoms with van der Waals surface area (Å²) in [4.78, 5) is 21.8. The number of carbonyl (C=O) groups is 1. The highest BCUT2D eigenvalue weighted by Gasteiger charge is 2.17. The zero-order valence-electron chi connectivity index (χ0n) is 12.3. The van der Waals surface area contributed by atoms with Gasteiger partial charge >= 0.3 is 5.88 Å². The fourth-order valence-electron chi connectivity index (χ4n) is 1.97. The third-order valence-corrected chi connectivity index (χ3v) is 3.09. The summed E-state index contributed by atoms with van der Waals surface area (Å²) in [5, 5.41) is 13.1. The molecule has 3 rings (SSSR count). The van der Waals surface area contributed by atoms with Crippen molar-refractivity contribution in [2.24, 2.45) is 0 Å². The normalized spacial score (nSPS) is 10.2. The lowest BCUT2D eigenvalue weighted by molar-refractivity contribution is -0.402. The Hall–Kier alpha value is -3.61. The first kappa shape index (κ1) is 15.3. The molecule has 1 aromatic heterocycles. The van der Waals surface area contributed by atoms with Crippen LogP contribution in [0.4, 0.5) is 11.6 Å². The van der Waals surface area contributed by atoms with E-state index in [1.807, 2.05) is 30.3 Å². The summed E-state index contributed by atoms with van der Waals surface area (Å²) in [5.74, 6) is 0.142. The standard InChI is InChI=1S/C17H12N2O5/c20-17(15-10-11-16(24-15)19(21)22)18-12-6-8-14(9-7-12)23-13-4-2-1-3-5-13/h1-11H,(H,18,20). The van der Waals surface area contributed by atoms with Crippen LogP contribution in [0.1, 0.15) is 10.6 Å². The van der Waals surface area contributed by atoms with Crippen LogP contribution >= 0.6 is 0 Å². The van der Waals surface area contributed by atoms with Gasteiger partial charge in [0.15, 0.2) is 5.76 Å². The van der Waals surface area contributed by atoms with Crippen molar-refractivity contribution in [3.8, 4) is 11.5 Å². The number of para-hydroxylation sites is 1. The van der Waals surface area contributed by atoms with Crippen LogP contribution in [0.3, 0.4) is 0 Å². The molecule has 0 unspecified atom stereocenters. The Balaban J connectivity index is 1.65. The summed E-state index contributed by atoms with van der Waals surface area (Å²) in [7, 11) is 0. The number of anilines is 1. The second-order valence-electron chi connectivity index (χ2n) is 4.79. The van der Waals surface area contributed by atoms with Gasteiger partial charge in [0.25, 0.3) is 5.91 Å². The average Bonchev–Trinajstić information content (AvgIpc) is 3.08. The number of rotatable bonds is 5. The van der Waals surface area contributed by atoms with Crippen LogP contribution in [0.5, 0.6) is 11.5 Å². The zero-order chi connectivity index (χ0) is 16.9. The minimum atomic E-state index is -0.702. The molecule has 7 heteroatoms. The Labute approximate surface area is 136 Å². The molecular weight excluding hydrogens is 312 g/mol. The van der Waals surface area contributed by atoms with Crippen LogP contribution in [-0.4, -0.2) is 10.8 Å². The van der Waals surface area contributed by atoms with E-state index in [9.17, 15) is 14.9 Å². The fraction of sp³-hybridized carbons (Fsp3) is 0. The monoisotopic (exact) mass is 324 g/mol. The van der Waals surface area contributed by atoms with Gasteiger partial charge in [-0.15, -0.1) is 0 Å². The Morgan fingerprint density at radius 2 is 1.62 bits per heavy atom. The molecule has 0 saturated heterocycles. The van der Waals surface area contributed by atoms with Gasteiger partial charge in [0.2, 0.25) is 0 Å². The predicted octanol–water partition coefficient (Wildman–Crippen LogP) is 4.23. The van der Waals surface area contributed by atoms with Gasteiger partial charge in [-0.3, -0.25) is 14.9 Å². The van der Waals surface area contributed by atoms with Crippen LogP contribution in [0.2, 0.25) is 0 Å². The third kappa shape index (κ3) is 3.58. The molecule has 3 aromatic rings. The molecule has 0 radical (unpaired) electrons. The molecule has 0 atom stereocenters. The number of benzene rings is 2. The Morgan fingerprint density at radius 3 is 2.25 bits per heavy atom. The molecule has 0 bridgehead atoms. The number of hydrogen-bond acceptors (Lipinski definition) is 5. The van der Waals surface area contributed by atoms with Gasteiger partial charge in [0, 0.05) is 5.69 Å². The minimum Gasteiger partial charge on any atom is -0.457 e. The van der Waals surface area contributed by atoms with E-state index in [4.69, 9.17) is 9.15 Å². The van der Waals surface area contributed by atoms with Gasteiger partial charge < -0.3 is 14.5 Å². The van der Waals surface area contributed by atoms with Crippen LogP contribution in [0.15, 0.2) is 71.1 Å². The molecule has 24 heavy (non-hydrogen) atoms. The van der Waals surface area contributed by atoms with Gasteiger partial charge in [0.1, 0.15) is 16.4 Å². The van der Waals surface area contributed by atoms with Gasteiger partial charge in [0.05, 0.1) is 6.07 Å². The molecule has 120 valence electrons. The summed E-state index contributed by atoms with van der Waals surface area (Å²) in [6.45, 7) is 0. The molecule has 1 heterocycles. The van der Waals surface area contributed by atoms with E-state index in [0.717, 1.165) is 6.07 Å². The number of ether oxygens (including phenoxy) is 1. The molecule has 1 amide bonds. The SMILES string of the molecule is O=C(Nc1ccc(Oc2ccccc2)cc1)c1ccc([N+](=O)[O-])o1. The molecule has 0 aliphatic rings. The smallest absolute Gasteiger partial charge is 0.433 e. The van der Waals surface area contributed by atoms with Gasteiger partial charge in [-0.1, -0.05) is 18.2 Å². The Bertz CT molecular complexity index is 856. The lowest BCUT2D eigenvalue weighted by Crippen LogP contribution is -2.10. The lowest BCUT2D eigenvalue weighted by Gasteiger charge is -2.07. The van der Waals surface area contributed by atoms with Crippen molar-refractivity contribution in [1.29, 1.82) is 0 Å². The summed E-state index contributed by atoms with van der Waals surface area (Å²) in [6.07, 6.45) is 0. The van der Waals surface area contributed by atoms with Gasteiger partial charge in [-0.05, 0) is 42.5 Å². The first-order valence-electron chi connectivity index (χ1n) is 7.00. The number of furan rings is 1. The highest BCUT2D eigenvalue weighted by molar-refractivity contribution is 6.02. The molecule has 0 fully saturated rings. The highest BCUT2D eigenvalue weighted by Crippen LogP contribution is 2.23. The minimum absolute atomic E-state index is 0.133. The molecule has 2 aromatic carbocycles. The first-order valence-corrected chi connectivity index (χ1v) is 7.00. The zero-order valence-corrected chi connectivity index (χ0v) is 12.3. The Kier molecular flexibility index (Phi) is 4.24. The summed E-state index contributed by atoms with van der Waals surface area (Å²) in [5.41, 5.74) is 0.513. The van der Waals surface area contributed by atoms with Crippen molar-refractivity contribution in [3.05, 3.63) is 82.6 Å². The van der Waals surface area contributed by atoms with E-state index in [1.54, 1.807) is 24.3 Å². The highest BCUT2D eigenvalue weighted by atomic mass is 16.6. The van der Waals surface area contributed by atoms with Crippen LogP contribution in [-0.2, 0) is 0 Å². The summed E-state index contributed by atoms with van der Waals surface area (Å²) < 4.78 is 10.5. The molecule has 0 spiro atoms. The van der Waals surface area contributed by atoms with E-state index in [2.05, 4.69) is 5.32 Å². The summed E-state index contributed by atoms with van der Waals surface area (Å²) in [6, 6.07) is 18.4. The lowest BCUT2D eigenvalue weighted by atomic mass is 10.3. The number of nitrogens with zero attached hydrogens (tertiary/aromatic N) is 1. The van der Waals surface area contributed by atoms with Crippen molar-refractivity contribution in [3.63, 3.8) is 0 Å². The third-order valence-electron chi connectivity index (χ3n) is 3.09. The number of nitro groups is 1. The van der Waals surface area contributed by atoms with Crippen molar-refractivity contribution in [2.75, 3.05) is 5.32 Å². The number of hydrogen-bond donors (Lipinski definition) is 1. The predicted molar refractivity (Wildman–Crippen MR) is 86.3 cm³/mol. The van der Waals surface area contributed by atoms with E-state index >= 15 is 0 Å². The van der Waals surface area contributed by atoms with Crippen LogP contribution in [0.25, 0.3) is 0 Å². The van der Waals surface area contributed by atoms with Crippen molar-refractivity contribution >= 4 is 17.5 Å². The van der Waals surface area contributed by atoms with E-state index in [-0.39, 0.29) is 5.76 Å². The maximum atomic E-state index is 12.0. The molecule has 0 aliphatic heterocycles. The largest absolute Gasteiger partial charge is 0.457 e. The number of carbonyl (C=O) groups excluding carboxylic acids is 1. The van der Waals surface area contributed by atoms with Crippen LogP contribution < -0.4 is 10.1 Å². The number of nitrogens with one attached hydrogen (secondary N) is 1. The van der Waals surface area contributed by atoms with E-state index < -0.39 is 16.7 Å². The quantitative estimate of drug-likeness (QED) is 0.559. The summed E-state index contributed by atoms with van der Waals surface area (Å²) >= 11 is 0. The van der Waals surface area contributed by atoms with Crippen LogP contribution in [0, 0.1) is 10.1 Å². The molecular formula is C17H12N2O5. The molecule has 1 N–H and O–H groups in total. The molecule has 0 saturated carbocycles. The first-order chi connectivity index (χ1) is 11.6. The van der Waals surface area contributed by atoms with Gasteiger partial charge in [-0.2, -0.15) is 0 Å². The second-order valence-corrected chi connectivity index (χ2v) is 4.79. The topological polar surface area (TPSA) is 94.6 Å². The van der Waals surface area contributed by atoms with Crippen molar-refractivity contribution in [1.82, 2.24) is 0 Å². The molecule has 0 aliphatic carbocycles. The van der Waals surface area contributed by atoms with E-state index in [0.29, 0.717) is 17.2 Å². The average molecular weight is 324 g/mol. The fourth-order valence-corrected chi connectivity index (χ4v) is 1.97. The van der Waals surface area contributed by atoms with Crippen molar-refractivity contribution in [2.45, 2.75) is 0 Å². The van der Waals surface area contributed by atoms with Crippen molar-refractivity contribution < 1.29 is 18.9 Å². The van der Waals surface area contributed by atoms with E-state index in [1.165, 1.54) is 6.07 Å². The molecule has 7 nitrogen and oxygen atoms in total. The number of amides is 1. The second kappa shape index (κ2) is 6.66. The van der Waals surface area contributed by atoms with Gasteiger partial charge in [-0.25, -0.2) is 0 Å². The maximum Gasteiger partial charge on any atom is 0.433 e. The maximum absolute atomic E-state index is 12.0.